The molecule has 1 saturated carbocycles. The van der Waals surface area contributed by atoms with Crippen LogP contribution in [0.2, 0.25) is 0 Å². The van der Waals surface area contributed by atoms with Gasteiger partial charge in [-0.3, -0.25) is 9.10 Å². The third-order valence-corrected chi connectivity index (χ3v) is 7.21. The first kappa shape index (κ1) is 18.2. The molecular formula is C18H27N3O3S. The first-order valence-corrected chi connectivity index (χ1v) is 10.7. The Morgan fingerprint density at radius 3 is 2.68 bits per heavy atom. The van der Waals surface area contributed by atoms with Gasteiger partial charge in [-0.2, -0.15) is 0 Å². The van der Waals surface area contributed by atoms with Crippen LogP contribution < -0.4 is 15.4 Å². The highest BCUT2D eigenvalue weighted by Gasteiger charge is 2.30. The summed E-state index contributed by atoms with van der Waals surface area (Å²) in [5.74, 6) is 0.425. The van der Waals surface area contributed by atoms with E-state index in [4.69, 9.17) is 5.73 Å². The first-order chi connectivity index (χ1) is 11.9. The average molecular weight is 365 g/mol. The molecule has 0 bridgehead atoms. The zero-order valence-electron chi connectivity index (χ0n) is 14.7. The molecule has 1 aliphatic heterocycles. The van der Waals surface area contributed by atoms with Gasteiger partial charge in [0.15, 0.2) is 0 Å². The van der Waals surface area contributed by atoms with Crippen molar-refractivity contribution in [2.24, 2.45) is 11.7 Å². The number of anilines is 1. The van der Waals surface area contributed by atoms with Gasteiger partial charge in [-0.25, -0.2) is 8.42 Å². The highest BCUT2D eigenvalue weighted by atomic mass is 32.2. The number of carbonyl (C=O) groups excluding carboxylic acids is 1. The number of sulfonamides is 1. The second kappa shape index (κ2) is 7.33. The van der Waals surface area contributed by atoms with E-state index in [2.05, 4.69) is 5.32 Å². The van der Waals surface area contributed by atoms with Gasteiger partial charge in [0.05, 0.1) is 11.4 Å². The fourth-order valence-corrected chi connectivity index (χ4v) is 5.54. The van der Waals surface area contributed by atoms with E-state index < -0.39 is 10.0 Å². The van der Waals surface area contributed by atoms with Crippen molar-refractivity contribution in [1.29, 1.82) is 0 Å². The Morgan fingerprint density at radius 2 is 2.04 bits per heavy atom. The van der Waals surface area contributed by atoms with Crippen LogP contribution in [0.3, 0.4) is 0 Å². The van der Waals surface area contributed by atoms with Crippen molar-refractivity contribution >= 4 is 21.6 Å². The normalized spacial score (nSPS) is 25.8. The lowest BCUT2D eigenvalue weighted by Gasteiger charge is -2.31. The number of rotatable bonds is 4. The Morgan fingerprint density at radius 1 is 1.28 bits per heavy atom. The summed E-state index contributed by atoms with van der Waals surface area (Å²) in [7, 11) is -3.21. The van der Waals surface area contributed by atoms with Crippen LogP contribution in [0.15, 0.2) is 18.2 Å². The highest BCUT2D eigenvalue weighted by molar-refractivity contribution is 7.93. The molecule has 2 atom stereocenters. The molecule has 1 heterocycles. The maximum atomic E-state index is 12.6. The smallest absolute Gasteiger partial charge is 0.251 e. The Labute approximate surface area is 149 Å². The largest absolute Gasteiger partial charge is 0.349 e. The molecule has 3 rings (SSSR count). The third kappa shape index (κ3) is 3.82. The van der Waals surface area contributed by atoms with Crippen LogP contribution in [0.1, 0.15) is 48.0 Å². The van der Waals surface area contributed by atoms with E-state index in [9.17, 15) is 13.2 Å². The van der Waals surface area contributed by atoms with Gasteiger partial charge in [-0.1, -0.05) is 12.8 Å². The number of aryl methyl sites for hydroxylation is 1. The quantitative estimate of drug-likeness (QED) is 0.851. The molecule has 6 nitrogen and oxygen atoms in total. The fraction of sp³-hybridized carbons (Fsp3) is 0.611. The molecule has 0 radical (unpaired) electrons. The molecule has 1 amide bonds. The first-order valence-electron chi connectivity index (χ1n) is 9.04. The number of hydrogen-bond donors (Lipinski definition) is 2. The lowest BCUT2D eigenvalue weighted by Crippen LogP contribution is -2.44. The molecule has 0 unspecified atom stereocenters. The molecular weight excluding hydrogens is 338 g/mol. The lowest BCUT2D eigenvalue weighted by molar-refractivity contribution is 0.0908. The van der Waals surface area contributed by atoms with Gasteiger partial charge in [-0.15, -0.1) is 0 Å². The van der Waals surface area contributed by atoms with Crippen LogP contribution in [-0.2, 0) is 10.0 Å². The second-order valence-electron chi connectivity index (χ2n) is 7.10. The molecule has 1 aromatic carbocycles. The van der Waals surface area contributed by atoms with Crippen molar-refractivity contribution in [2.75, 3.05) is 23.1 Å². The maximum Gasteiger partial charge on any atom is 0.251 e. The molecule has 25 heavy (non-hydrogen) atoms. The molecule has 7 heteroatoms. The number of nitrogens with two attached hydrogens (primary N) is 1. The molecule has 1 aliphatic carbocycles. The molecule has 2 aliphatic rings. The van der Waals surface area contributed by atoms with Crippen molar-refractivity contribution in [3.8, 4) is 0 Å². The van der Waals surface area contributed by atoms with Crippen LogP contribution in [-0.4, -0.2) is 39.2 Å². The molecule has 1 aromatic rings. The van der Waals surface area contributed by atoms with Crippen LogP contribution >= 0.6 is 0 Å². The monoisotopic (exact) mass is 365 g/mol. The highest BCUT2D eigenvalue weighted by Crippen LogP contribution is 2.28. The molecule has 138 valence electrons. The van der Waals surface area contributed by atoms with E-state index in [-0.39, 0.29) is 17.7 Å². The molecule has 0 spiro atoms. The molecule has 2 fully saturated rings. The standard InChI is InChI=1S/C18H27N3O3S/c1-13-11-14(7-8-17(13)21-9-4-10-25(21,23)24)18(22)20-16-6-3-2-5-15(16)12-19/h7-8,11,15-16H,2-6,9-10,12,19H2,1H3,(H,20,22)/t15-,16-/m1/s1. The van der Waals surface area contributed by atoms with Crippen LogP contribution in [0, 0.1) is 12.8 Å². The number of nitrogens with zero attached hydrogens (tertiary/aromatic N) is 1. The van der Waals surface area contributed by atoms with E-state index in [1.165, 1.54) is 10.7 Å². The minimum atomic E-state index is -3.21. The Bertz CT molecular complexity index is 748. The summed E-state index contributed by atoms with van der Waals surface area (Å²) in [6.45, 7) is 2.95. The lowest BCUT2D eigenvalue weighted by atomic mass is 9.84. The number of hydrogen-bond acceptors (Lipinski definition) is 4. The summed E-state index contributed by atoms with van der Waals surface area (Å²) in [4.78, 5) is 12.6. The fourth-order valence-electron chi connectivity index (χ4n) is 3.92. The van der Waals surface area contributed by atoms with E-state index in [1.807, 2.05) is 6.92 Å². The summed E-state index contributed by atoms with van der Waals surface area (Å²) in [6.07, 6.45) is 4.97. The Kier molecular flexibility index (Phi) is 5.34. The predicted molar refractivity (Wildman–Crippen MR) is 99.2 cm³/mol. The minimum Gasteiger partial charge on any atom is -0.349 e. The van der Waals surface area contributed by atoms with Crippen molar-refractivity contribution < 1.29 is 13.2 Å². The SMILES string of the molecule is Cc1cc(C(=O)N[C@@H]2CCCC[C@@H]2CN)ccc1N1CCCS1(=O)=O. The zero-order valence-corrected chi connectivity index (χ0v) is 15.5. The molecule has 0 aromatic heterocycles. The van der Waals surface area contributed by atoms with E-state index >= 15 is 0 Å². The summed E-state index contributed by atoms with van der Waals surface area (Å²) < 4.78 is 25.7. The Hall–Kier alpha value is -1.60. The average Bonchev–Trinajstić information content (AvgIpc) is 2.94. The number of carbonyl (C=O) groups is 1. The van der Waals surface area contributed by atoms with Crippen molar-refractivity contribution in [2.45, 2.75) is 45.1 Å². The summed E-state index contributed by atoms with van der Waals surface area (Å²) >= 11 is 0. The van der Waals surface area contributed by atoms with E-state index in [1.54, 1.807) is 18.2 Å². The summed E-state index contributed by atoms with van der Waals surface area (Å²) in [5, 5.41) is 3.12. The van der Waals surface area contributed by atoms with Gasteiger partial charge in [0.2, 0.25) is 10.0 Å². The topological polar surface area (TPSA) is 92.5 Å². The molecule has 3 N–H and O–H groups in total. The third-order valence-electron chi connectivity index (χ3n) is 5.36. The van der Waals surface area contributed by atoms with Crippen LogP contribution in [0.25, 0.3) is 0 Å². The van der Waals surface area contributed by atoms with Crippen LogP contribution in [0.4, 0.5) is 5.69 Å². The summed E-state index contributed by atoms with van der Waals surface area (Å²) in [6, 6.07) is 5.36. The van der Waals surface area contributed by atoms with Gasteiger partial charge in [0, 0.05) is 18.2 Å². The number of amides is 1. The maximum absolute atomic E-state index is 12.6. The van der Waals surface area contributed by atoms with Crippen molar-refractivity contribution in [3.05, 3.63) is 29.3 Å². The predicted octanol–water partition coefficient (Wildman–Crippen LogP) is 1.78. The number of benzene rings is 1. The summed E-state index contributed by atoms with van der Waals surface area (Å²) in [5.41, 5.74) is 7.88. The van der Waals surface area contributed by atoms with E-state index in [0.29, 0.717) is 36.7 Å². The van der Waals surface area contributed by atoms with Gasteiger partial charge < -0.3 is 11.1 Å². The van der Waals surface area contributed by atoms with Gasteiger partial charge in [0.25, 0.3) is 5.91 Å². The Balaban J connectivity index is 1.75. The van der Waals surface area contributed by atoms with Crippen LogP contribution in [0.5, 0.6) is 0 Å². The second-order valence-corrected chi connectivity index (χ2v) is 9.12. The molecule has 1 saturated heterocycles. The van der Waals surface area contributed by atoms with Gasteiger partial charge >= 0.3 is 0 Å². The van der Waals surface area contributed by atoms with Crippen molar-refractivity contribution in [1.82, 2.24) is 5.32 Å². The van der Waals surface area contributed by atoms with Gasteiger partial charge in [0.1, 0.15) is 0 Å². The van der Waals surface area contributed by atoms with E-state index in [0.717, 1.165) is 24.8 Å². The minimum absolute atomic E-state index is 0.107. The van der Waals surface area contributed by atoms with Crippen molar-refractivity contribution in [3.63, 3.8) is 0 Å². The van der Waals surface area contributed by atoms with Gasteiger partial charge in [-0.05, 0) is 62.4 Å². The number of nitrogens with one attached hydrogen (secondary N) is 1. The zero-order chi connectivity index (χ0) is 18.0.